The van der Waals surface area contributed by atoms with Crippen LogP contribution >= 0.6 is 0 Å². The summed E-state index contributed by atoms with van der Waals surface area (Å²) in [5.74, 6) is -2.68. The van der Waals surface area contributed by atoms with Gasteiger partial charge in [0.05, 0.1) is 17.1 Å². The Morgan fingerprint density at radius 1 is 1.00 bits per heavy atom. The molecule has 0 spiro atoms. The van der Waals surface area contributed by atoms with E-state index in [0.29, 0.717) is 0 Å². The third kappa shape index (κ3) is 2.87. The number of anilines is 1. The van der Waals surface area contributed by atoms with Gasteiger partial charge in [-0.15, -0.1) is 0 Å². The molecule has 7 heteroatoms. The number of amides is 3. The number of carboxylic acid groups (broad SMARTS) is 1. The first-order valence-corrected chi connectivity index (χ1v) is 7.55. The van der Waals surface area contributed by atoms with Gasteiger partial charge < -0.3 is 15.2 Å². The lowest BCUT2D eigenvalue weighted by atomic mass is 10.1. The highest BCUT2D eigenvalue weighted by Crippen LogP contribution is 2.24. The van der Waals surface area contributed by atoms with Crippen LogP contribution in [0.25, 0.3) is 0 Å². The van der Waals surface area contributed by atoms with Crippen LogP contribution in [-0.2, 0) is 0 Å². The number of carbonyl (C=O) groups is 4. The largest absolute Gasteiger partial charge is 0.545 e. The fourth-order valence-electron chi connectivity index (χ4n) is 2.65. The molecular weight excluding hydrogens is 324 g/mol. The molecule has 0 radical (unpaired) electrons. The van der Waals surface area contributed by atoms with E-state index < -0.39 is 17.8 Å². The van der Waals surface area contributed by atoms with Crippen LogP contribution in [0.4, 0.5) is 5.69 Å². The molecule has 3 rings (SSSR count). The fraction of sp³-hybridized carbons (Fsp3) is 0.111. The molecular formula is C18H13N2O5-. The highest BCUT2D eigenvalue weighted by Gasteiger charge is 2.34. The lowest BCUT2D eigenvalue weighted by Gasteiger charge is -2.09. The van der Waals surface area contributed by atoms with E-state index in [1.807, 2.05) is 0 Å². The van der Waals surface area contributed by atoms with Crippen molar-refractivity contribution in [3.8, 4) is 0 Å². The molecule has 0 saturated carbocycles. The Kier molecular flexibility index (Phi) is 4.06. The molecule has 2 aromatic carbocycles. The Balaban J connectivity index is 1.87. The van der Waals surface area contributed by atoms with Crippen molar-refractivity contribution in [3.05, 3.63) is 64.7 Å². The van der Waals surface area contributed by atoms with Gasteiger partial charge in [-0.25, -0.2) is 0 Å². The Labute approximate surface area is 142 Å². The quantitative estimate of drug-likeness (QED) is 0.835. The van der Waals surface area contributed by atoms with E-state index in [1.54, 1.807) is 6.92 Å². The summed E-state index contributed by atoms with van der Waals surface area (Å²) in [6.07, 6.45) is 0. The smallest absolute Gasteiger partial charge is 0.261 e. The summed E-state index contributed by atoms with van der Waals surface area (Å²) in [6, 6.07) is 9.88. The van der Waals surface area contributed by atoms with Crippen molar-refractivity contribution < 1.29 is 24.3 Å². The van der Waals surface area contributed by atoms with Crippen LogP contribution in [-0.4, -0.2) is 35.1 Å². The van der Waals surface area contributed by atoms with Crippen molar-refractivity contribution in [1.29, 1.82) is 0 Å². The summed E-state index contributed by atoms with van der Waals surface area (Å²) < 4.78 is 0. The Bertz CT molecular complexity index is 919. The predicted molar refractivity (Wildman–Crippen MR) is 86.2 cm³/mol. The molecule has 0 fully saturated rings. The van der Waals surface area contributed by atoms with E-state index in [9.17, 15) is 24.3 Å². The summed E-state index contributed by atoms with van der Waals surface area (Å²) in [4.78, 5) is 48.6. The molecule has 7 nitrogen and oxygen atoms in total. The number of aromatic carboxylic acids is 1. The highest BCUT2D eigenvalue weighted by atomic mass is 16.4. The average molecular weight is 337 g/mol. The summed E-state index contributed by atoms with van der Waals surface area (Å²) in [5, 5.41) is 13.4. The van der Waals surface area contributed by atoms with E-state index in [0.717, 1.165) is 4.90 Å². The van der Waals surface area contributed by atoms with E-state index in [4.69, 9.17) is 0 Å². The summed E-state index contributed by atoms with van der Waals surface area (Å²) >= 11 is 0. The number of carbonyl (C=O) groups excluding carboxylic acids is 4. The molecule has 3 amide bonds. The first-order valence-electron chi connectivity index (χ1n) is 7.55. The van der Waals surface area contributed by atoms with Gasteiger partial charge >= 0.3 is 0 Å². The van der Waals surface area contributed by atoms with Crippen molar-refractivity contribution in [2.45, 2.75) is 6.92 Å². The number of hydrogen-bond acceptors (Lipinski definition) is 5. The maximum atomic E-state index is 12.4. The second-order valence-corrected chi connectivity index (χ2v) is 5.44. The lowest BCUT2D eigenvalue weighted by molar-refractivity contribution is -0.255. The zero-order valence-corrected chi connectivity index (χ0v) is 13.2. The van der Waals surface area contributed by atoms with Crippen molar-refractivity contribution in [3.63, 3.8) is 0 Å². The number of nitrogens with one attached hydrogen (secondary N) is 1. The molecule has 2 aromatic rings. The number of hydrogen-bond donors (Lipinski definition) is 1. The van der Waals surface area contributed by atoms with Crippen LogP contribution in [0.5, 0.6) is 0 Å². The van der Waals surface area contributed by atoms with Gasteiger partial charge in [0.2, 0.25) is 0 Å². The number of rotatable bonds is 4. The molecule has 1 N–H and O–H groups in total. The number of imide groups is 1. The SMILES string of the molecule is CCN1C(=O)c2ccc(C(=O)Nc3cccc(C(=O)[O-])c3)cc2C1=O. The molecule has 0 bridgehead atoms. The standard InChI is InChI=1S/C18H14N2O5/c1-2-20-16(22)13-7-6-10(9-14(13)17(20)23)15(21)19-12-5-3-4-11(8-12)18(24)25/h3-9H,2H2,1H3,(H,19,21)(H,24,25)/p-1. The Morgan fingerprint density at radius 3 is 2.40 bits per heavy atom. The van der Waals surface area contributed by atoms with Crippen LogP contribution in [0, 0.1) is 0 Å². The van der Waals surface area contributed by atoms with Crippen LogP contribution in [0.1, 0.15) is 48.4 Å². The molecule has 0 aromatic heterocycles. The van der Waals surface area contributed by atoms with Gasteiger partial charge in [0.15, 0.2) is 0 Å². The average Bonchev–Trinajstić information content (AvgIpc) is 2.85. The second kappa shape index (κ2) is 6.20. The molecule has 1 heterocycles. The van der Waals surface area contributed by atoms with E-state index >= 15 is 0 Å². The molecule has 126 valence electrons. The second-order valence-electron chi connectivity index (χ2n) is 5.44. The van der Waals surface area contributed by atoms with E-state index in [-0.39, 0.29) is 40.4 Å². The van der Waals surface area contributed by atoms with E-state index in [1.165, 1.54) is 42.5 Å². The minimum atomic E-state index is -1.35. The van der Waals surface area contributed by atoms with Crippen LogP contribution in [0.15, 0.2) is 42.5 Å². The minimum Gasteiger partial charge on any atom is -0.545 e. The van der Waals surface area contributed by atoms with E-state index in [2.05, 4.69) is 5.32 Å². The van der Waals surface area contributed by atoms with Crippen LogP contribution in [0.3, 0.4) is 0 Å². The van der Waals surface area contributed by atoms with Gasteiger partial charge in [-0.3, -0.25) is 19.3 Å². The predicted octanol–water partition coefficient (Wildman–Crippen LogP) is 0.918. The third-order valence-corrected chi connectivity index (χ3v) is 3.91. The first-order chi connectivity index (χ1) is 11.9. The first kappa shape index (κ1) is 16.4. The van der Waals surface area contributed by atoms with Gasteiger partial charge in [-0.1, -0.05) is 12.1 Å². The number of fused-ring (bicyclic) bond motifs is 1. The van der Waals surface area contributed by atoms with Gasteiger partial charge in [-0.2, -0.15) is 0 Å². The Morgan fingerprint density at radius 2 is 1.72 bits per heavy atom. The summed E-state index contributed by atoms with van der Waals surface area (Å²) in [5.41, 5.74) is 0.859. The third-order valence-electron chi connectivity index (χ3n) is 3.91. The molecule has 0 unspecified atom stereocenters. The topological polar surface area (TPSA) is 107 Å². The number of carboxylic acids is 1. The van der Waals surface area contributed by atoms with Gasteiger partial charge in [0.1, 0.15) is 0 Å². The fourth-order valence-corrected chi connectivity index (χ4v) is 2.65. The maximum Gasteiger partial charge on any atom is 0.261 e. The molecule has 1 aliphatic heterocycles. The molecule has 25 heavy (non-hydrogen) atoms. The summed E-state index contributed by atoms with van der Waals surface area (Å²) in [6.45, 7) is 1.95. The van der Waals surface area contributed by atoms with Crippen molar-refractivity contribution in [2.75, 3.05) is 11.9 Å². The lowest BCUT2D eigenvalue weighted by Crippen LogP contribution is -2.29. The van der Waals surface area contributed by atoms with Crippen molar-refractivity contribution in [1.82, 2.24) is 4.90 Å². The molecule has 0 saturated heterocycles. The van der Waals surface area contributed by atoms with Crippen molar-refractivity contribution in [2.24, 2.45) is 0 Å². The van der Waals surface area contributed by atoms with Gasteiger partial charge in [-0.05, 0) is 42.8 Å². The normalized spacial score (nSPS) is 12.9. The zero-order chi connectivity index (χ0) is 18.1. The van der Waals surface area contributed by atoms with Gasteiger partial charge in [0, 0.05) is 17.8 Å². The molecule has 1 aliphatic rings. The minimum absolute atomic E-state index is 0.0638. The maximum absolute atomic E-state index is 12.4. The number of nitrogens with zero attached hydrogens (tertiary/aromatic N) is 1. The monoisotopic (exact) mass is 337 g/mol. The zero-order valence-electron chi connectivity index (χ0n) is 13.2. The molecule has 0 atom stereocenters. The van der Waals surface area contributed by atoms with Crippen LogP contribution < -0.4 is 10.4 Å². The Hall–Kier alpha value is -3.48. The number of benzene rings is 2. The molecule has 0 aliphatic carbocycles. The highest BCUT2D eigenvalue weighted by molar-refractivity contribution is 6.22. The van der Waals surface area contributed by atoms with Gasteiger partial charge in [0.25, 0.3) is 17.7 Å². The van der Waals surface area contributed by atoms with Crippen LogP contribution in [0.2, 0.25) is 0 Å². The van der Waals surface area contributed by atoms with Crippen molar-refractivity contribution >= 4 is 29.4 Å². The summed E-state index contributed by atoms with van der Waals surface area (Å²) in [7, 11) is 0.